The van der Waals surface area contributed by atoms with E-state index in [0.29, 0.717) is 23.0 Å². The monoisotopic (exact) mass is 329 g/mol. The van der Waals surface area contributed by atoms with Crippen molar-refractivity contribution in [2.45, 2.75) is 19.6 Å². The third-order valence-electron chi connectivity index (χ3n) is 3.23. The van der Waals surface area contributed by atoms with E-state index in [4.69, 9.17) is 21.6 Å². The van der Waals surface area contributed by atoms with E-state index in [1.807, 2.05) is 12.1 Å². The molecule has 6 heteroatoms. The molecular weight excluding hydrogens is 314 g/mol. The molecule has 1 atom stereocenters. The van der Waals surface area contributed by atoms with Gasteiger partial charge in [-0.05, 0) is 42.8 Å². The van der Waals surface area contributed by atoms with Crippen molar-refractivity contribution in [1.29, 1.82) is 5.26 Å². The number of carbonyl (C=O) groups is 1. The second-order valence-electron chi connectivity index (χ2n) is 5.08. The van der Waals surface area contributed by atoms with Crippen molar-refractivity contribution in [3.63, 3.8) is 0 Å². The Balaban J connectivity index is 1.95. The largest absolute Gasteiger partial charge is 0.481 e. The van der Waals surface area contributed by atoms with Crippen LogP contribution in [0, 0.1) is 11.3 Å². The van der Waals surface area contributed by atoms with E-state index in [9.17, 15) is 4.79 Å². The van der Waals surface area contributed by atoms with Crippen LogP contribution in [0.4, 0.5) is 0 Å². The second kappa shape index (κ2) is 7.61. The summed E-state index contributed by atoms with van der Waals surface area (Å²) in [6.07, 6.45) is 1.01. The quantitative estimate of drug-likeness (QED) is 0.791. The van der Waals surface area contributed by atoms with Crippen molar-refractivity contribution in [1.82, 2.24) is 9.88 Å². The predicted octanol–water partition coefficient (Wildman–Crippen LogP) is 3.03. The van der Waals surface area contributed by atoms with Gasteiger partial charge in [-0.1, -0.05) is 17.7 Å². The first-order valence-corrected chi connectivity index (χ1v) is 7.39. The number of hydrogen-bond donors (Lipinski definition) is 0. The normalized spacial score (nSPS) is 11.4. The summed E-state index contributed by atoms with van der Waals surface area (Å²) >= 11 is 5.74. The third-order valence-corrected chi connectivity index (χ3v) is 3.45. The molecule has 0 aliphatic carbocycles. The zero-order valence-electron chi connectivity index (χ0n) is 12.9. The SMILES string of the molecule is CC(Oc1ccc(C#N)cc1)C(=O)N(C)Cc1ccc(Cl)nc1. The molecule has 2 aromatic rings. The van der Waals surface area contributed by atoms with Crippen molar-refractivity contribution in [2.24, 2.45) is 0 Å². The van der Waals surface area contributed by atoms with E-state index in [-0.39, 0.29) is 5.91 Å². The number of hydrogen-bond acceptors (Lipinski definition) is 4. The van der Waals surface area contributed by atoms with Gasteiger partial charge >= 0.3 is 0 Å². The summed E-state index contributed by atoms with van der Waals surface area (Å²) in [5, 5.41) is 9.18. The molecule has 5 nitrogen and oxygen atoms in total. The fourth-order valence-electron chi connectivity index (χ4n) is 2.02. The van der Waals surface area contributed by atoms with Crippen molar-refractivity contribution in [2.75, 3.05) is 7.05 Å². The number of carbonyl (C=O) groups excluding carboxylic acids is 1. The maximum Gasteiger partial charge on any atom is 0.263 e. The summed E-state index contributed by atoms with van der Waals surface area (Å²) in [6, 6.07) is 12.2. The fourth-order valence-corrected chi connectivity index (χ4v) is 2.14. The first kappa shape index (κ1) is 16.8. The molecule has 0 aliphatic heterocycles. The average molecular weight is 330 g/mol. The van der Waals surface area contributed by atoms with E-state index in [1.54, 1.807) is 55.4 Å². The molecule has 0 saturated carbocycles. The van der Waals surface area contributed by atoms with Crippen LogP contribution in [0.5, 0.6) is 5.75 Å². The van der Waals surface area contributed by atoms with Crippen LogP contribution in [0.15, 0.2) is 42.6 Å². The first-order valence-electron chi connectivity index (χ1n) is 7.02. The van der Waals surface area contributed by atoms with Crippen LogP contribution in [0.1, 0.15) is 18.1 Å². The van der Waals surface area contributed by atoms with E-state index in [2.05, 4.69) is 4.98 Å². The molecule has 1 aromatic carbocycles. The summed E-state index contributed by atoms with van der Waals surface area (Å²) < 4.78 is 5.62. The molecule has 1 amide bonds. The van der Waals surface area contributed by atoms with Crippen LogP contribution in [-0.2, 0) is 11.3 Å². The average Bonchev–Trinajstić information content (AvgIpc) is 2.56. The van der Waals surface area contributed by atoms with Gasteiger partial charge in [-0.25, -0.2) is 4.98 Å². The topological polar surface area (TPSA) is 66.2 Å². The number of halogens is 1. The maximum absolute atomic E-state index is 12.3. The molecule has 23 heavy (non-hydrogen) atoms. The van der Waals surface area contributed by atoms with Gasteiger partial charge in [0.1, 0.15) is 10.9 Å². The molecule has 0 saturated heterocycles. The van der Waals surface area contributed by atoms with Gasteiger partial charge in [0.05, 0.1) is 11.6 Å². The van der Waals surface area contributed by atoms with E-state index in [0.717, 1.165) is 5.56 Å². The number of ether oxygens (including phenoxy) is 1. The van der Waals surface area contributed by atoms with Gasteiger partial charge < -0.3 is 9.64 Å². The standard InChI is InChI=1S/C17H16ClN3O2/c1-12(23-15-6-3-13(9-19)4-7-15)17(22)21(2)11-14-5-8-16(18)20-10-14/h3-8,10,12H,11H2,1-2H3. The first-order chi connectivity index (χ1) is 11.0. The Hall–Kier alpha value is -2.58. The Morgan fingerprint density at radius 3 is 2.61 bits per heavy atom. The number of rotatable bonds is 5. The number of nitrogens with zero attached hydrogens (tertiary/aromatic N) is 3. The fraction of sp³-hybridized carbons (Fsp3) is 0.235. The zero-order valence-corrected chi connectivity index (χ0v) is 13.6. The lowest BCUT2D eigenvalue weighted by Gasteiger charge is -2.22. The molecule has 0 radical (unpaired) electrons. The zero-order chi connectivity index (χ0) is 16.8. The smallest absolute Gasteiger partial charge is 0.263 e. The molecule has 0 N–H and O–H groups in total. The highest BCUT2D eigenvalue weighted by molar-refractivity contribution is 6.29. The van der Waals surface area contributed by atoms with Crippen molar-refractivity contribution < 1.29 is 9.53 Å². The van der Waals surface area contributed by atoms with Gasteiger partial charge in [-0.3, -0.25) is 4.79 Å². The minimum atomic E-state index is -0.631. The van der Waals surface area contributed by atoms with Crippen LogP contribution < -0.4 is 4.74 Å². The van der Waals surface area contributed by atoms with Crippen LogP contribution in [0.25, 0.3) is 0 Å². The minimum Gasteiger partial charge on any atom is -0.481 e. The minimum absolute atomic E-state index is 0.149. The molecule has 1 unspecified atom stereocenters. The molecule has 2 rings (SSSR count). The Kier molecular flexibility index (Phi) is 5.56. The van der Waals surface area contributed by atoms with E-state index < -0.39 is 6.10 Å². The number of likely N-dealkylation sites (N-methyl/N-ethyl adjacent to an activating group) is 1. The van der Waals surface area contributed by atoms with E-state index >= 15 is 0 Å². The van der Waals surface area contributed by atoms with Gasteiger partial charge in [0.2, 0.25) is 0 Å². The lowest BCUT2D eigenvalue weighted by atomic mass is 10.2. The highest BCUT2D eigenvalue weighted by Gasteiger charge is 2.19. The van der Waals surface area contributed by atoms with Crippen LogP contribution in [0.2, 0.25) is 5.15 Å². The molecule has 1 heterocycles. The van der Waals surface area contributed by atoms with Crippen LogP contribution >= 0.6 is 11.6 Å². The van der Waals surface area contributed by atoms with Gasteiger partial charge in [0, 0.05) is 19.8 Å². The molecule has 118 valence electrons. The van der Waals surface area contributed by atoms with Crippen molar-refractivity contribution >= 4 is 17.5 Å². The third kappa shape index (κ3) is 4.70. The highest BCUT2D eigenvalue weighted by Crippen LogP contribution is 2.15. The Morgan fingerprint density at radius 1 is 1.35 bits per heavy atom. The number of benzene rings is 1. The van der Waals surface area contributed by atoms with Gasteiger partial charge in [-0.15, -0.1) is 0 Å². The molecule has 0 fully saturated rings. The van der Waals surface area contributed by atoms with E-state index in [1.165, 1.54) is 0 Å². The van der Waals surface area contributed by atoms with Crippen molar-refractivity contribution in [3.05, 3.63) is 58.9 Å². The Morgan fingerprint density at radius 2 is 2.04 bits per heavy atom. The number of pyridine rings is 1. The van der Waals surface area contributed by atoms with Crippen LogP contribution in [0.3, 0.4) is 0 Å². The molecular formula is C17H16ClN3O2. The Labute approximate surface area is 140 Å². The lowest BCUT2D eigenvalue weighted by molar-refractivity contribution is -0.137. The number of aromatic nitrogens is 1. The lowest BCUT2D eigenvalue weighted by Crippen LogP contribution is -2.37. The summed E-state index contributed by atoms with van der Waals surface area (Å²) in [5.41, 5.74) is 1.43. The summed E-state index contributed by atoms with van der Waals surface area (Å²) in [7, 11) is 1.70. The summed E-state index contributed by atoms with van der Waals surface area (Å²) in [5.74, 6) is 0.399. The van der Waals surface area contributed by atoms with Crippen molar-refractivity contribution in [3.8, 4) is 11.8 Å². The number of amides is 1. The molecule has 0 spiro atoms. The van der Waals surface area contributed by atoms with Crippen LogP contribution in [-0.4, -0.2) is 28.9 Å². The molecule has 0 bridgehead atoms. The Bertz CT molecular complexity index is 708. The summed E-state index contributed by atoms with van der Waals surface area (Å²) in [4.78, 5) is 17.9. The molecule has 0 aliphatic rings. The predicted molar refractivity (Wildman–Crippen MR) is 87.0 cm³/mol. The van der Waals surface area contributed by atoms with Gasteiger partial charge in [0.25, 0.3) is 5.91 Å². The number of nitriles is 1. The molecule has 1 aromatic heterocycles. The highest BCUT2D eigenvalue weighted by atomic mass is 35.5. The van der Waals surface area contributed by atoms with Gasteiger partial charge in [0.15, 0.2) is 6.10 Å². The van der Waals surface area contributed by atoms with Gasteiger partial charge in [-0.2, -0.15) is 5.26 Å². The second-order valence-corrected chi connectivity index (χ2v) is 5.47. The maximum atomic E-state index is 12.3. The summed E-state index contributed by atoms with van der Waals surface area (Å²) in [6.45, 7) is 2.11.